The van der Waals surface area contributed by atoms with Crippen LogP contribution in [0, 0.1) is 5.92 Å². The number of hydrogen-bond acceptors (Lipinski definition) is 4. The van der Waals surface area contributed by atoms with Crippen LogP contribution in [-0.4, -0.2) is 26.1 Å². The van der Waals surface area contributed by atoms with Gasteiger partial charge < -0.3 is 5.32 Å². The molecular formula is C14H15N5O. The van der Waals surface area contributed by atoms with Crippen molar-refractivity contribution in [3.8, 4) is 5.69 Å². The number of carbonyl (C=O) groups is 1. The number of rotatable bonds is 4. The first-order chi connectivity index (χ1) is 9.81. The van der Waals surface area contributed by atoms with E-state index in [2.05, 4.69) is 33.0 Å². The van der Waals surface area contributed by atoms with Crippen molar-refractivity contribution in [2.45, 2.75) is 19.3 Å². The number of aromatic nitrogens is 4. The quantitative estimate of drug-likeness (QED) is 0.861. The highest BCUT2D eigenvalue weighted by Crippen LogP contribution is 2.21. The number of amides is 1. The van der Waals surface area contributed by atoms with Gasteiger partial charge in [0.05, 0.1) is 5.69 Å². The Labute approximate surface area is 116 Å². The SMILES string of the molecule is O=C(C[C@@H]1C=CCC1)Nc1ccc(-n2cnnn2)cc1. The monoisotopic (exact) mass is 269 g/mol. The lowest BCUT2D eigenvalue weighted by molar-refractivity contribution is -0.116. The van der Waals surface area contributed by atoms with Crippen molar-refractivity contribution in [2.75, 3.05) is 5.32 Å². The Bertz CT molecular complexity index is 603. The average Bonchev–Trinajstić information content (AvgIpc) is 3.12. The molecule has 0 saturated carbocycles. The molecule has 3 rings (SSSR count). The van der Waals surface area contributed by atoms with Gasteiger partial charge in [-0.3, -0.25) is 4.79 Å². The summed E-state index contributed by atoms with van der Waals surface area (Å²) in [6.07, 6.45) is 8.49. The molecule has 102 valence electrons. The van der Waals surface area contributed by atoms with E-state index in [-0.39, 0.29) is 5.91 Å². The van der Waals surface area contributed by atoms with Gasteiger partial charge in [-0.15, -0.1) is 5.10 Å². The maximum atomic E-state index is 11.9. The van der Waals surface area contributed by atoms with Crippen LogP contribution in [0.5, 0.6) is 0 Å². The first kappa shape index (κ1) is 12.5. The van der Waals surface area contributed by atoms with Crippen LogP contribution in [0.2, 0.25) is 0 Å². The molecule has 1 N–H and O–H groups in total. The molecule has 2 aromatic rings. The Morgan fingerprint density at radius 2 is 2.20 bits per heavy atom. The normalized spacial score (nSPS) is 17.3. The van der Waals surface area contributed by atoms with E-state index in [0.29, 0.717) is 12.3 Å². The molecule has 0 fully saturated rings. The Hall–Kier alpha value is -2.50. The molecule has 0 unspecified atom stereocenters. The number of anilines is 1. The highest BCUT2D eigenvalue weighted by Gasteiger charge is 2.13. The topological polar surface area (TPSA) is 72.7 Å². The number of allylic oxidation sites excluding steroid dienone is 2. The molecule has 20 heavy (non-hydrogen) atoms. The first-order valence-electron chi connectivity index (χ1n) is 6.61. The Kier molecular flexibility index (Phi) is 3.54. The highest BCUT2D eigenvalue weighted by molar-refractivity contribution is 5.91. The lowest BCUT2D eigenvalue weighted by Gasteiger charge is -2.09. The minimum Gasteiger partial charge on any atom is -0.326 e. The third-order valence-electron chi connectivity index (χ3n) is 3.32. The maximum Gasteiger partial charge on any atom is 0.224 e. The summed E-state index contributed by atoms with van der Waals surface area (Å²) in [5.41, 5.74) is 1.64. The van der Waals surface area contributed by atoms with E-state index < -0.39 is 0 Å². The van der Waals surface area contributed by atoms with Gasteiger partial charge in [0.15, 0.2) is 0 Å². The van der Waals surface area contributed by atoms with Crippen LogP contribution in [0.3, 0.4) is 0 Å². The molecule has 0 radical (unpaired) electrons. The standard InChI is InChI=1S/C14H15N5O/c20-14(9-11-3-1-2-4-11)16-12-5-7-13(8-6-12)19-10-15-17-18-19/h1,3,5-8,10-11H,2,4,9H2,(H,16,20)/t11-/m1/s1. The summed E-state index contributed by atoms with van der Waals surface area (Å²) in [4.78, 5) is 11.9. The van der Waals surface area contributed by atoms with Crippen LogP contribution in [0.25, 0.3) is 5.69 Å². The Morgan fingerprint density at radius 3 is 2.85 bits per heavy atom. The van der Waals surface area contributed by atoms with Gasteiger partial charge in [-0.25, -0.2) is 4.68 Å². The second-order valence-corrected chi connectivity index (χ2v) is 4.82. The van der Waals surface area contributed by atoms with Crippen molar-refractivity contribution >= 4 is 11.6 Å². The van der Waals surface area contributed by atoms with E-state index >= 15 is 0 Å². The van der Waals surface area contributed by atoms with Crippen LogP contribution in [0.15, 0.2) is 42.7 Å². The third-order valence-corrected chi connectivity index (χ3v) is 3.32. The van der Waals surface area contributed by atoms with Crippen molar-refractivity contribution in [2.24, 2.45) is 5.92 Å². The second-order valence-electron chi connectivity index (χ2n) is 4.82. The molecule has 0 aliphatic heterocycles. The molecule has 1 aromatic heterocycles. The summed E-state index contributed by atoms with van der Waals surface area (Å²) >= 11 is 0. The minimum atomic E-state index is 0.0525. The molecule has 0 saturated heterocycles. The van der Waals surface area contributed by atoms with Crippen molar-refractivity contribution in [1.29, 1.82) is 0 Å². The fourth-order valence-electron chi connectivity index (χ4n) is 2.29. The molecule has 0 bridgehead atoms. The van der Waals surface area contributed by atoms with Gasteiger partial charge in [-0.2, -0.15) is 0 Å². The number of carbonyl (C=O) groups excluding carboxylic acids is 1. The molecule has 1 atom stereocenters. The van der Waals surface area contributed by atoms with E-state index in [1.54, 1.807) is 4.68 Å². The fourth-order valence-corrected chi connectivity index (χ4v) is 2.29. The van der Waals surface area contributed by atoms with Gasteiger partial charge in [0.2, 0.25) is 5.91 Å². The molecule has 0 spiro atoms. The molecule has 1 amide bonds. The first-order valence-corrected chi connectivity index (χ1v) is 6.61. The molecule has 6 nitrogen and oxygen atoms in total. The third kappa shape index (κ3) is 2.90. The number of tetrazole rings is 1. The molecule has 1 heterocycles. The minimum absolute atomic E-state index is 0.0525. The van der Waals surface area contributed by atoms with Gasteiger partial charge >= 0.3 is 0 Å². The molecule has 1 aromatic carbocycles. The lowest BCUT2D eigenvalue weighted by Crippen LogP contribution is -2.14. The number of nitrogens with one attached hydrogen (secondary N) is 1. The lowest BCUT2D eigenvalue weighted by atomic mass is 10.1. The number of benzene rings is 1. The maximum absolute atomic E-state index is 11.9. The van der Waals surface area contributed by atoms with Crippen LogP contribution >= 0.6 is 0 Å². The Morgan fingerprint density at radius 1 is 1.35 bits per heavy atom. The van der Waals surface area contributed by atoms with Crippen molar-refractivity contribution in [1.82, 2.24) is 20.2 Å². The molecule has 1 aliphatic carbocycles. The average molecular weight is 269 g/mol. The zero-order valence-electron chi connectivity index (χ0n) is 10.9. The van der Waals surface area contributed by atoms with Crippen LogP contribution in [-0.2, 0) is 4.79 Å². The second kappa shape index (κ2) is 5.64. The van der Waals surface area contributed by atoms with E-state index in [0.717, 1.165) is 24.2 Å². The zero-order chi connectivity index (χ0) is 13.8. The molecule has 1 aliphatic rings. The van der Waals surface area contributed by atoms with Crippen LogP contribution in [0.1, 0.15) is 19.3 Å². The number of nitrogens with zero attached hydrogens (tertiary/aromatic N) is 4. The highest BCUT2D eigenvalue weighted by atomic mass is 16.1. The summed E-state index contributed by atoms with van der Waals surface area (Å²) in [7, 11) is 0. The molecular weight excluding hydrogens is 254 g/mol. The summed E-state index contributed by atoms with van der Waals surface area (Å²) in [6.45, 7) is 0. The smallest absolute Gasteiger partial charge is 0.224 e. The van der Waals surface area contributed by atoms with E-state index in [1.807, 2.05) is 24.3 Å². The van der Waals surface area contributed by atoms with Gasteiger partial charge in [0, 0.05) is 12.1 Å². The summed E-state index contributed by atoms with van der Waals surface area (Å²) in [5, 5.41) is 13.9. The van der Waals surface area contributed by atoms with E-state index in [9.17, 15) is 4.79 Å². The summed E-state index contributed by atoms with van der Waals surface area (Å²) in [6, 6.07) is 7.42. The van der Waals surface area contributed by atoms with Gasteiger partial charge in [0.1, 0.15) is 6.33 Å². The Balaban J connectivity index is 1.60. The largest absolute Gasteiger partial charge is 0.326 e. The van der Waals surface area contributed by atoms with Crippen molar-refractivity contribution < 1.29 is 4.79 Å². The number of hydrogen-bond donors (Lipinski definition) is 1. The van der Waals surface area contributed by atoms with Gasteiger partial charge in [0.25, 0.3) is 0 Å². The summed E-state index contributed by atoms with van der Waals surface area (Å²) in [5.74, 6) is 0.437. The van der Waals surface area contributed by atoms with Crippen LogP contribution < -0.4 is 5.32 Å². The molecule has 6 heteroatoms. The zero-order valence-corrected chi connectivity index (χ0v) is 10.9. The van der Waals surface area contributed by atoms with Crippen LogP contribution in [0.4, 0.5) is 5.69 Å². The fraction of sp³-hybridized carbons (Fsp3) is 0.286. The van der Waals surface area contributed by atoms with Gasteiger partial charge in [-0.1, -0.05) is 12.2 Å². The van der Waals surface area contributed by atoms with Crippen molar-refractivity contribution in [3.05, 3.63) is 42.7 Å². The summed E-state index contributed by atoms with van der Waals surface area (Å²) < 4.78 is 1.56. The predicted molar refractivity (Wildman–Crippen MR) is 74.3 cm³/mol. The van der Waals surface area contributed by atoms with E-state index in [1.165, 1.54) is 6.33 Å². The van der Waals surface area contributed by atoms with E-state index in [4.69, 9.17) is 0 Å². The van der Waals surface area contributed by atoms with Gasteiger partial charge in [-0.05, 0) is 53.5 Å². The van der Waals surface area contributed by atoms with Crippen molar-refractivity contribution in [3.63, 3.8) is 0 Å². The predicted octanol–water partition coefficient (Wildman–Crippen LogP) is 1.96.